The summed E-state index contributed by atoms with van der Waals surface area (Å²) in [6, 6.07) is 23.7. The van der Waals surface area contributed by atoms with Gasteiger partial charge in [-0.1, -0.05) is 48.2 Å². The van der Waals surface area contributed by atoms with E-state index in [1.165, 1.54) is 5.56 Å². The summed E-state index contributed by atoms with van der Waals surface area (Å²) in [6.45, 7) is 3.74. The van der Waals surface area contributed by atoms with Gasteiger partial charge < -0.3 is 19.5 Å². The minimum Gasteiger partial charge on any atom is -0.504 e. The van der Waals surface area contributed by atoms with E-state index in [1.807, 2.05) is 55.5 Å². The molecule has 3 aromatic carbocycles. The van der Waals surface area contributed by atoms with Crippen LogP contribution in [-0.2, 0) is 6.54 Å². The van der Waals surface area contributed by atoms with Crippen molar-refractivity contribution in [1.82, 2.24) is 0 Å². The van der Waals surface area contributed by atoms with Gasteiger partial charge in [0.15, 0.2) is 16.7 Å². The largest absolute Gasteiger partial charge is 0.504 e. The fourth-order valence-corrected chi connectivity index (χ4v) is 4.45. The molecule has 1 saturated heterocycles. The molecule has 4 rings (SSSR count). The molecule has 6 heteroatoms. The lowest BCUT2D eigenvalue weighted by atomic mass is 10.2. The molecule has 0 aromatic heterocycles. The van der Waals surface area contributed by atoms with Crippen LogP contribution in [0, 0.1) is 0 Å². The van der Waals surface area contributed by atoms with Gasteiger partial charge in [0.2, 0.25) is 0 Å². The summed E-state index contributed by atoms with van der Waals surface area (Å²) in [6.07, 6.45) is 2.08. The first-order valence-electron chi connectivity index (χ1n) is 10.5. The molecular weight excluding hydrogens is 420 g/mol. The van der Waals surface area contributed by atoms with Crippen molar-refractivity contribution in [1.29, 1.82) is 0 Å². The van der Waals surface area contributed by atoms with Crippen molar-refractivity contribution in [3.8, 4) is 17.2 Å². The highest BCUT2D eigenvalue weighted by Crippen LogP contribution is 2.36. The molecular formula is C26H26N2O3S. The highest BCUT2D eigenvalue weighted by Gasteiger charge is 2.25. The van der Waals surface area contributed by atoms with Gasteiger partial charge in [-0.25, -0.2) is 0 Å². The molecule has 0 amide bonds. The molecule has 0 spiro atoms. The normalized spacial score (nSPS) is 16.0. The maximum atomic E-state index is 10.2. The molecule has 0 saturated carbocycles. The van der Waals surface area contributed by atoms with Crippen LogP contribution in [0.25, 0.3) is 6.08 Å². The van der Waals surface area contributed by atoms with E-state index < -0.39 is 0 Å². The third-order valence-corrected chi connectivity index (χ3v) is 6.04. The summed E-state index contributed by atoms with van der Waals surface area (Å²) in [5.74, 6) is 1.47. The van der Waals surface area contributed by atoms with Crippen molar-refractivity contribution in [3.63, 3.8) is 0 Å². The predicted octanol–water partition coefficient (Wildman–Crippen LogP) is 5.95. The van der Waals surface area contributed by atoms with E-state index in [-0.39, 0.29) is 5.75 Å². The lowest BCUT2D eigenvalue weighted by molar-refractivity contribution is 0.318. The minimum atomic E-state index is 0.147. The van der Waals surface area contributed by atoms with Gasteiger partial charge in [-0.3, -0.25) is 4.99 Å². The van der Waals surface area contributed by atoms with Gasteiger partial charge in [0.05, 0.1) is 26.8 Å². The molecule has 1 aliphatic rings. The van der Waals surface area contributed by atoms with E-state index in [1.54, 1.807) is 31.0 Å². The number of nitrogens with zero attached hydrogens (tertiary/aromatic N) is 2. The highest BCUT2D eigenvalue weighted by atomic mass is 32.2. The van der Waals surface area contributed by atoms with Crippen LogP contribution in [0.3, 0.4) is 0 Å². The van der Waals surface area contributed by atoms with Gasteiger partial charge in [-0.2, -0.15) is 0 Å². The molecule has 0 atom stereocenters. The predicted molar refractivity (Wildman–Crippen MR) is 133 cm³/mol. The second kappa shape index (κ2) is 10.3. The molecule has 0 unspecified atom stereocenters. The molecule has 0 radical (unpaired) electrons. The first kappa shape index (κ1) is 21.8. The van der Waals surface area contributed by atoms with Crippen LogP contribution in [0.4, 0.5) is 5.69 Å². The first-order valence-corrected chi connectivity index (χ1v) is 11.3. The van der Waals surface area contributed by atoms with Gasteiger partial charge in [0.25, 0.3) is 0 Å². The van der Waals surface area contributed by atoms with Crippen LogP contribution in [0.5, 0.6) is 17.2 Å². The van der Waals surface area contributed by atoms with E-state index in [0.29, 0.717) is 25.4 Å². The van der Waals surface area contributed by atoms with Crippen molar-refractivity contribution in [2.45, 2.75) is 13.5 Å². The van der Waals surface area contributed by atoms with Crippen LogP contribution in [-0.4, -0.2) is 30.5 Å². The van der Waals surface area contributed by atoms with Crippen molar-refractivity contribution in [2.75, 3.05) is 25.2 Å². The van der Waals surface area contributed by atoms with E-state index in [4.69, 9.17) is 14.5 Å². The molecule has 1 aliphatic heterocycles. The Morgan fingerprint density at radius 1 is 1.06 bits per heavy atom. The lowest BCUT2D eigenvalue weighted by Gasteiger charge is -2.18. The van der Waals surface area contributed by atoms with Crippen molar-refractivity contribution in [2.24, 2.45) is 4.99 Å². The Bertz CT molecular complexity index is 1110. The zero-order valence-electron chi connectivity index (χ0n) is 18.2. The number of phenolic OH excluding ortho intramolecular Hbond substituents is 1. The van der Waals surface area contributed by atoms with Crippen molar-refractivity contribution >= 4 is 28.7 Å². The quantitative estimate of drug-likeness (QED) is 0.486. The second-order valence-electron chi connectivity index (χ2n) is 7.24. The molecule has 1 fully saturated rings. The number of methoxy groups -OCH3 is 1. The Balaban J connectivity index is 1.61. The zero-order valence-corrected chi connectivity index (χ0v) is 19.0. The maximum Gasteiger partial charge on any atom is 0.169 e. The summed E-state index contributed by atoms with van der Waals surface area (Å²) < 4.78 is 10.7. The standard InChI is InChI=1S/C26H26N2O3S/c1-3-31-25-14-9-20(16-24(25)29)15-23-18-28(21-10-12-22(30-2)13-11-21)26(32-23)27-17-19-7-5-4-6-8-19/h4-16,29H,3,17-18H2,1-2H3/b23-15-,27-26?. The van der Waals surface area contributed by atoms with Crippen LogP contribution in [0.2, 0.25) is 0 Å². The smallest absolute Gasteiger partial charge is 0.169 e. The van der Waals surface area contributed by atoms with Crippen molar-refractivity contribution in [3.05, 3.63) is 88.8 Å². The summed E-state index contributed by atoms with van der Waals surface area (Å²) in [5.41, 5.74) is 3.15. The van der Waals surface area contributed by atoms with E-state index in [0.717, 1.165) is 27.1 Å². The molecule has 1 heterocycles. The second-order valence-corrected chi connectivity index (χ2v) is 8.34. The molecule has 3 aromatic rings. The van der Waals surface area contributed by atoms with Crippen LogP contribution in [0.1, 0.15) is 18.1 Å². The van der Waals surface area contributed by atoms with Gasteiger partial charge >= 0.3 is 0 Å². The summed E-state index contributed by atoms with van der Waals surface area (Å²) in [7, 11) is 1.67. The number of anilines is 1. The number of phenols is 1. The van der Waals surface area contributed by atoms with Gasteiger partial charge in [-0.05, 0) is 60.5 Å². The summed E-state index contributed by atoms with van der Waals surface area (Å²) >= 11 is 1.65. The number of aliphatic imine (C=N–C) groups is 1. The summed E-state index contributed by atoms with van der Waals surface area (Å²) in [5, 5.41) is 11.2. The number of aromatic hydroxyl groups is 1. The van der Waals surface area contributed by atoms with Gasteiger partial charge in [0.1, 0.15) is 5.75 Å². The monoisotopic (exact) mass is 446 g/mol. The SMILES string of the molecule is CCOc1ccc(/C=C2/CN(c3ccc(OC)cc3)C(=NCc3ccccc3)S2)cc1O. The molecule has 32 heavy (non-hydrogen) atoms. The molecule has 164 valence electrons. The molecule has 5 nitrogen and oxygen atoms in total. The van der Waals surface area contributed by atoms with E-state index in [9.17, 15) is 5.11 Å². The van der Waals surface area contributed by atoms with E-state index in [2.05, 4.69) is 23.1 Å². The number of thioether (sulfide) groups is 1. The average molecular weight is 447 g/mol. The highest BCUT2D eigenvalue weighted by molar-refractivity contribution is 8.18. The number of benzene rings is 3. The third kappa shape index (κ3) is 5.26. The Morgan fingerprint density at radius 2 is 1.84 bits per heavy atom. The number of ether oxygens (including phenoxy) is 2. The third-order valence-electron chi connectivity index (χ3n) is 5.00. The topological polar surface area (TPSA) is 54.3 Å². The fraction of sp³-hybridized carbons (Fsp3) is 0.192. The van der Waals surface area contributed by atoms with Gasteiger partial charge in [-0.15, -0.1) is 0 Å². The van der Waals surface area contributed by atoms with Crippen LogP contribution in [0.15, 0.2) is 82.7 Å². The first-order chi connectivity index (χ1) is 15.7. The van der Waals surface area contributed by atoms with E-state index >= 15 is 0 Å². The van der Waals surface area contributed by atoms with Gasteiger partial charge in [0, 0.05) is 10.6 Å². The Labute approximate surface area is 193 Å². The number of rotatable bonds is 7. The Morgan fingerprint density at radius 3 is 2.53 bits per heavy atom. The number of hydrogen-bond acceptors (Lipinski definition) is 5. The minimum absolute atomic E-state index is 0.147. The van der Waals surface area contributed by atoms with Crippen molar-refractivity contribution < 1.29 is 14.6 Å². The Hall–Kier alpha value is -3.38. The molecule has 0 aliphatic carbocycles. The fourth-order valence-electron chi connectivity index (χ4n) is 3.41. The van der Waals surface area contributed by atoms with Crippen LogP contribution < -0.4 is 14.4 Å². The maximum absolute atomic E-state index is 10.2. The number of hydrogen-bond donors (Lipinski definition) is 1. The molecule has 0 bridgehead atoms. The average Bonchev–Trinajstić information content (AvgIpc) is 3.23. The Kier molecular flexibility index (Phi) is 7.02. The van der Waals surface area contributed by atoms with Crippen LogP contribution >= 0.6 is 11.8 Å². The zero-order chi connectivity index (χ0) is 22.3. The lowest BCUT2D eigenvalue weighted by Crippen LogP contribution is -2.23. The summed E-state index contributed by atoms with van der Waals surface area (Å²) in [4.78, 5) is 8.26. The number of amidine groups is 1. The molecule has 1 N–H and O–H groups in total.